The molecule has 1 rings (SSSR count). The van der Waals surface area contributed by atoms with E-state index in [2.05, 4.69) is 24.2 Å². The van der Waals surface area contributed by atoms with E-state index in [4.69, 9.17) is 5.73 Å². The molecular formula is C10H21N3. The van der Waals surface area contributed by atoms with Crippen molar-refractivity contribution >= 4 is 5.96 Å². The van der Waals surface area contributed by atoms with E-state index in [0.717, 1.165) is 18.9 Å². The summed E-state index contributed by atoms with van der Waals surface area (Å²) in [6.45, 7) is 5.33. The molecule has 0 atom stereocenters. The Bertz CT molecular complexity index is 171. The molecule has 1 saturated carbocycles. The number of nitrogens with one attached hydrogen (secondary N) is 1. The summed E-state index contributed by atoms with van der Waals surface area (Å²) in [7, 11) is 0. The van der Waals surface area contributed by atoms with Crippen LogP contribution in [0.3, 0.4) is 0 Å². The summed E-state index contributed by atoms with van der Waals surface area (Å²) in [4.78, 5) is 4.26. The molecule has 0 aromatic carbocycles. The van der Waals surface area contributed by atoms with Crippen molar-refractivity contribution in [3.05, 3.63) is 0 Å². The first-order valence-corrected chi connectivity index (χ1v) is 5.25. The highest BCUT2D eigenvalue weighted by Crippen LogP contribution is 2.17. The summed E-state index contributed by atoms with van der Waals surface area (Å²) in [5.74, 6) is 1.40. The SMILES string of the molecule is CC(C)CCCN=C(N)NC1CC1. The van der Waals surface area contributed by atoms with Gasteiger partial charge in [0.15, 0.2) is 5.96 Å². The van der Waals surface area contributed by atoms with Crippen molar-refractivity contribution < 1.29 is 0 Å². The molecular weight excluding hydrogens is 162 g/mol. The number of nitrogens with zero attached hydrogens (tertiary/aromatic N) is 1. The van der Waals surface area contributed by atoms with Crippen LogP contribution in [0.25, 0.3) is 0 Å². The van der Waals surface area contributed by atoms with Gasteiger partial charge in [0.2, 0.25) is 0 Å². The largest absolute Gasteiger partial charge is 0.370 e. The number of hydrogen-bond acceptors (Lipinski definition) is 1. The van der Waals surface area contributed by atoms with Gasteiger partial charge in [0, 0.05) is 12.6 Å². The molecule has 1 fully saturated rings. The number of rotatable bonds is 5. The van der Waals surface area contributed by atoms with Gasteiger partial charge in [0.1, 0.15) is 0 Å². The summed E-state index contributed by atoms with van der Waals surface area (Å²) in [5, 5.41) is 3.17. The monoisotopic (exact) mass is 183 g/mol. The van der Waals surface area contributed by atoms with Crippen molar-refractivity contribution in [1.29, 1.82) is 0 Å². The minimum atomic E-state index is 0.619. The van der Waals surface area contributed by atoms with Gasteiger partial charge in [0.25, 0.3) is 0 Å². The van der Waals surface area contributed by atoms with Crippen molar-refractivity contribution in [3.63, 3.8) is 0 Å². The standard InChI is InChI=1S/C10H21N3/c1-8(2)4-3-7-12-10(11)13-9-5-6-9/h8-9H,3-7H2,1-2H3,(H3,11,12,13). The third kappa shape index (κ3) is 5.50. The lowest BCUT2D eigenvalue weighted by molar-refractivity contribution is 0.561. The Morgan fingerprint density at radius 2 is 2.23 bits per heavy atom. The predicted molar refractivity (Wildman–Crippen MR) is 56.7 cm³/mol. The second-order valence-corrected chi connectivity index (χ2v) is 4.22. The second-order valence-electron chi connectivity index (χ2n) is 4.22. The Morgan fingerprint density at radius 1 is 1.54 bits per heavy atom. The van der Waals surface area contributed by atoms with Gasteiger partial charge >= 0.3 is 0 Å². The quantitative estimate of drug-likeness (QED) is 0.385. The van der Waals surface area contributed by atoms with E-state index in [1.165, 1.54) is 19.3 Å². The minimum absolute atomic E-state index is 0.619. The minimum Gasteiger partial charge on any atom is -0.370 e. The number of hydrogen-bond donors (Lipinski definition) is 2. The maximum Gasteiger partial charge on any atom is 0.188 e. The van der Waals surface area contributed by atoms with Gasteiger partial charge in [-0.1, -0.05) is 13.8 Å². The van der Waals surface area contributed by atoms with Crippen molar-refractivity contribution in [2.45, 2.75) is 45.6 Å². The van der Waals surface area contributed by atoms with Gasteiger partial charge in [-0.25, -0.2) is 0 Å². The van der Waals surface area contributed by atoms with E-state index >= 15 is 0 Å². The first-order chi connectivity index (χ1) is 6.18. The molecule has 0 spiro atoms. The summed E-state index contributed by atoms with van der Waals surface area (Å²) in [6.07, 6.45) is 4.88. The fourth-order valence-corrected chi connectivity index (χ4v) is 1.18. The average molecular weight is 183 g/mol. The predicted octanol–water partition coefficient (Wildman–Crippen LogP) is 1.49. The number of guanidine groups is 1. The van der Waals surface area contributed by atoms with Gasteiger partial charge in [-0.15, -0.1) is 0 Å². The Morgan fingerprint density at radius 3 is 2.77 bits per heavy atom. The zero-order chi connectivity index (χ0) is 9.68. The van der Waals surface area contributed by atoms with Crippen LogP contribution < -0.4 is 11.1 Å². The van der Waals surface area contributed by atoms with E-state index < -0.39 is 0 Å². The summed E-state index contributed by atoms with van der Waals surface area (Å²) in [6, 6.07) is 0.619. The molecule has 13 heavy (non-hydrogen) atoms. The topological polar surface area (TPSA) is 50.4 Å². The van der Waals surface area contributed by atoms with Crippen LogP contribution in [0.2, 0.25) is 0 Å². The fourth-order valence-electron chi connectivity index (χ4n) is 1.18. The van der Waals surface area contributed by atoms with Crippen LogP contribution in [-0.4, -0.2) is 18.5 Å². The smallest absolute Gasteiger partial charge is 0.188 e. The van der Waals surface area contributed by atoms with Crippen LogP contribution in [0, 0.1) is 5.92 Å². The molecule has 0 saturated heterocycles. The number of nitrogens with two attached hydrogens (primary N) is 1. The van der Waals surface area contributed by atoms with E-state index in [9.17, 15) is 0 Å². The van der Waals surface area contributed by atoms with Crippen LogP contribution in [0.1, 0.15) is 39.5 Å². The van der Waals surface area contributed by atoms with Crippen molar-refractivity contribution in [2.75, 3.05) is 6.54 Å². The van der Waals surface area contributed by atoms with Gasteiger partial charge in [0.05, 0.1) is 0 Å². The van der Waals surface area contributed by atoms with Gasteiger partial charge in [-0.05, 0) is 31.6 Å². The maximum atomic E-state index is 5.67. The molecule has 76 valence electrons. The maximum absolute atomic E-state index is 5.67. The molecule has 3 N–H and O–H groups in total. The molecule has 1 aliphatic carbocycles. The molecule has 3 heteroatoms. The third-order valence-electron chi connectivity index (χ3n) is 2.15. The average Bonchev–Trinajstić information content (AvgIpc) is 2.81. The van der Waals surface area contributed by atoms with E-state index in [-0.39, 0.29) is 0 Å². The van der Waals surface area contributed by atoms with Crippen LogP contribution >= 0.6 is 0 Å². The van der Waals surface area contributed by atoms with Crippen molar-refractivity contribution in [3.8, 4) is 0 Å². The fraction of sp³-hybridized carbons (Fsp3) is 0.900. The van der Waals surface area contributed by atoms with Crippen LogP contribution in [0.4, 0.5) is 0 Å². The van der Waals surface area contributed by atoms with E-state index in [0.29, 0.717) is 12.0 Å². The highest BCUT2D eigenvalue weighted by atomic mass is 15.1. The molecule has 0 heterocycles. The first-order valence-electron chi connectivity index (χ1n) is 5.25. The zero-order valence-corrected chi connectivity index (χ0v) is 8.71. The van der Waals surface area contributed by atoms with Gasteiger partial charge in [-0.3, -0.25) is 4.99 Å². The Kier molecular flexibility index (Phi) is 4.06. The lowest BCUT2D eigenvalue weighted by atomic mass is 10.1. The van der Waals surface area contributed by atoms with Gasteiger partial charge < -0.3 is 11.1 Å². The third-order valence-corrected chi connectivity index (χ3v) is 2.15. The highest BCUT2D eigenvalue weighted by Gasteiger charge is 2.21. The highest BCUT2D eigenvalue weighted by molar-refractivity contribution is 5.78. The molecule has 0 aliphatic heterocycles. The van der Waals surface area contributed by atoms with Crippen LogP contribution in [0.15, 0.2) is 4.99 Å². The van der Waals surface area contributed by atoms with Crippen molar-refractivity contribution in [2.24, 2.45) is 16.6 Å². The van der Waals surface area contributed by atoms with Gasteiger partial charge in [-0.2, -0.15) is 0 Å². The molecule has 0 amide bonds. The summed E-state index contributed by atoms with van der Waals surface area (Å²) < 4.78 is 0. The lowest BCUT2D eigenvalue weighted by Crippen LogP contribution is -2.33. The summed E-state index contributed by atoms with van der Waals surface area (Å²) in [5.41, 5.74) is 5.67. The summed E-state index contributed by atoms with van der Waals surface area (Å²) >= 11 is 0. The van der Waals surface area contributed by atoms with Crippen LogP contribution in [-0.2, 0) is 0 Å². The molecule has 0 aromatic heterocycles. The molecule has 1 aliphatic rings. The lowest BCUT2D eigenvalue weighted by Gasteiger charge is -2.04. The molecule has 0 radical (unpaired) electrons. The second kappa shape index (κ2) is 5.10. The first kappa shape index (κ1) is 10.4. The molecule has 0 aromatic rings. The van der Waals surface area contributed by atoms with E-state index in [1.807, 2.05) is 0 Å². The normalized spacial score (nSPS) is 17.9. The zero-order valence-electron chi connectivity index (χ0n) is 8.71. The molecule has 3 nitrogen and oxygen atoms in total. The molecule has 0 bridgehead atoms. The molecule has 0 unspecified atom stereocenters. The Balaban J connectivity index is 2.00. The van der Waals surface area contributed by atoms with E-state index in [1.54, 1.807) is 0 Å². The Labute approximate surface area is 80.8 Å². The van der Waals surface area contributed by atoms with Crippen molar-refractivity contribution in [1.82, 2.24) is 5.32 Å². The Hall–Kier alpha value is -0.730. The van der Waals surface area contributed by atoms with Crippen LogP contribution in [0.5, 0.6) is 0 Å². The number of aliphatic imine (C=N–C) groups is 1.